The number of aromatic amines is 1. The fourth-order valence-corrected chi connectivity index (χ4v) is 2.63. The number of pyridine rings is 2. The van der Waals surface area contributed by atoms with Crippen LogP contribution in [0.2, 0.25) is 0 Å². The van der Waals surface area contributed by atoms with Crippen molar-refractivity contribution in [2.75, 3.05) is 0 Å². The van der Waals surface area contributed by atoms with Gasteiger partial charge < -0.3 is 4.98 Å². The lowest BCUT2D eigenvalue weighted by Gasteiger charge is -2.01. The molecule has 1 N–H and O–H groups in total. The van der Waals surface area contributed by atoms with Gasteiger partial charge in [0.2, 0.25) is 0 Å². The number of nitrogens with one attached hydrogen (secondary N) is 1. The SMILES string of the molecule is Brc1cnc2nc(-c3nccc4ccccc34)[nH]c2c1. The molecule has 0 atom stereocenters. The van der Waals surface area contributed by atoms with E-state index in [-0.39, 0.29) is 0 Å². The average Bonchev–Trinajstić information content (AvgIpc) is 2.89. The zero-order valence-electron chi connectivity index (χ0n) is 10.3. The molecule has 4 aromatic rings. The van der Waals surface area contributed by atoms with Crippen LogP contribution in [-0.2, 0) is 0 Å². The van der Waals surface area contributed by atoms with Gasteiger partial charge in [-0.3, -0.25) is 4.98 Å². The molecule has 0 unspecified atom stereocenters. The van der Waals surface area contributed by atoms with E-state index in [1.54, 1.807) is 12.4 Å². The monoisotopic (exact) mass is 324 g/mol. The molecule has 4 nitrogen and oxygen atoms in total. The minimum absolute atomic E-state index is 0.693. The van der Waals surface area contributed by atoms with Crippen LogP contribution in [0, 0.1) is 0 Å². The molecule has 0 aliphatic carbocycles. The van der Waals surface area contributed by atoms with E-state index in [4.69, 9.17) is 0 Å². The van der Waals surface area contributed by atoms with Crippen molar-refractivity contribution < 1.29 is 0 Å². The van der Waals surface area contributed by atoms with Crippen LogP contribution >= 0.6 is 15.9 Å². The Labute approximate surface area is 123 Å². The number of hydrogen-bond donors (Lipinski definition) is 1. The third-order valence-corrected chi connectivity index (χ3v) is 3.64. The van der Waals surface area contributed by atoms with E-state index in [0.29, 0.717) is 5.65 Å². The highest BCUT2D eigenvalue weighted by atomic mass is 79.9. The standard InChI is InChI=1S/C15H9BrN4/c16-10-7-12-14(18-8-10)20-15(19-12)13-11-4-2-1-3-9(11)5-6-17-13/h1-8H,(H,18,19,20). The highest BCUT2D eigenvalue weighted by Crippen LogP contribution is 2.26. The third kappa shape index (κ3) is 1.78. The highest BCUT2D eigenvalue weighted by Gasteiger charge is 2.10. The van der Waals surface area contributed by atoms with E-state index < -0.39 is 0 Å². The first-order chi connectivity index (χ1) is 9.81. The fraction of sp³-hybridized carbons (Fsp3) is 0. The van der Waals surface area contributed by atoms with Crippen LogP contribution in [0.4, 0.5) is 0 Å². The molecule has 0 fully saturated rings. The van der Waals surface area contributed by atoms with E-state index >= 15 is 0 Å². The van der Waals surface area contributed by atoms with E-state index in [0.717, 1.165) is 32.3 Å². The molecule has 3 heterocycles. The van der Waals surface area contributed by atoms with Crippen LogP contribution in [0.15, 0.2) is 53.3 Å². The molecule has 0 saturated heterocycles. The minimum Gasteiger partial charge on any atom is -0.335 e. The number of hydrogen-bond acceptors (Lipinski definition) is 3. The van der Waals surface area contributed by atoms with Gasteiger partial charge in [-0.15, -0.1) is 0 Å². The topological polar surface area (TPSA) is 54.5 Å². The summed E-state index contributed by atoms with van der Waals surface area (Å²) in [6, 6.07) is 12.1. The van der Waals surface area contributed by atoms with Gasteiger partial charge in [-0.25, -0.2) is 9.97 Å². The van der Waals surface area contributed by atoms with Crippen LogP contribution in [-0.4, -0.2) is 19.9 Å². The van der Waals surface area contributed by atoms with Crippen molar-refractivity contribution in [1.29, 1.82) is 0 Å². The van der Waals surface area contributed by atoms with Crippen molar-refractivity contribution in [3.63, 3.8) is 0 Å². The van der Waals surface area contributed by atoms with Gasteiger partial charge in [0.15, 0.2) is 11.5 Å². The molecular formula is C15H9BrN4. The molecule has 96 valence electrons. The van der Waals surface area contributed by atoms with Crippen molar-refractivity contribution in [2.24, 2.45) is 0 Å². The van der Waals surface area contributed by atoms with Crippen LogP contribution in [0.1, 0.15) is 0 Å². The molecule has 0 amide bonds. The van der Waals surface area contributed by atoms with Gasteiger partial charge in [0.05, 0.1) is 5.52 Å². The van der Waals surface area contributed by atoms with Gasteiger partial charge in [0, 0.05) is 22.3 Å². The zero-order valence-corrected chi connectivity index (χ0v) is 11.9. The highest BCUT2D eigenvalue weighted by molar-refractivity contribution is 9.10. The Hall–Kier alpha value is -2.27. The maximum absolute atomic E-state index is 4.52. The van der Waals surface area contributed by atoms with Crippen LogP contribution in [0.3, 0.4) is 0 Å². The molecule has 0 bridgehead atoms. The second-order valence-electron chi connectivity index (χ2n) is 4.49. The van der Waals surface area contributed by atoms with Crippen molar-refractivity contribution in [2.45, 2.75) is 0 Å². The molecule has 5 heteroatoms. The molecule has 0 aliphatic rings. The lowest BCUT2D eigenvalue weighted by Crippen LogP contribution is -1.87. The van der Waals surface area contributed by atoms with E-state index in [1.807, 2.05) is 30.3 Å². The van der Waals surface area contributed by atoms with Crippen molar-refractivity contribution in [1.82, 2.24) is 19.9 Å². The summed E-state index contributed by atoms with van der Waals surface area (Å²) in [4.78, 5) is 16.6. The van der Waals surface area contributed by atoms with Gasteiger partial charge >= 0.3 is 0 Å². The van der Waals surface area contributed by atoms with Gasteiger partial charge in [-0.2, -0.15) is 0 Å². The lowest BCUT2D eigenvalue weighted by molar-refractivity contribution is 1.24. The Morgan fingerprint density at radius 1 is 1.05 bits per heavy atom. The summed E-state index contributed by atoms with van der Waals surface area (Å²) < 4.78 is 0.922. The summed E-state index contributed by atoms with van der Waals surface area (Å²) in [5.41, 5.74) is 2.43. The molecule has 0 aliphatic heterocycles. The van der Waals surface area contributed by atoms with Gasteiger partial charge in [-0.05, 0) is 33.4 Å². The van der Waals surface area contributed by atoms with Crippen molar-refractivity contribution in [3.05, 3.63) is 53.3 Å². The van der Waals surface area contributed by atoms with Gasteiger partial charge in [0.1, 0.15) is 5.69 Å². The molecule has 0 saturated carbocycles. The summed E-state index contributed by atoms with van der Waals surface area (Å²) in [5, 5.41) is 2.22. The molecule has 1 aromatic carbocycles. The summed E-state index contributed by atoms with van der Waals surface area (Å²) in [6.07, 6.45) is 3.54. The normalized spacial score (nSPS) is 11.2. The molecule has 0 spiro atoms. The number of nitrogens with zero attached hydrogens (tertiary/aromatic N) is 3. The quantitative estimate of drug-likeness (QED) is 0.577. The molecule has 3 aromatic heterocycles. The van der Waals surface area contributed by atoms with Gasteiger partial charge in [-0.1, -0.05) is 24.3 Å². The largest absolute Gasteiger partial charge is 0.335 e. The Morgan fingerprint density at radius 2 is 1.95 bits per heavy atom. The Morgan fingerprint density at radius 3 is 2.90 bits per heavy atom. The third-order valence-electron chi connectivity index (χ3n) is 3.20. The Balaban J connectivity index is 2.01. The zero-order chi connectivity index (χ0) is 13.5. The molecule has 4 rings (SSSR count). The summed E-state index contributed by atoms with van der Waals surface area (Å²) in [6.45, 7) is 0. The Kier molecular flexibility index (Phi) is 2.53. The molecular weight excluding hydrogens is 316 g/mol. The van der Waals surface area contributed by atoms with Crippen LogP contribution in [0.5, 0.6) is 0 Å². The van der Waals surface area contributed by atoms with E-state index in [2.05, 4.69) is 41.9 Å². The number of fused-ring (bicyclic) bond motifs is 2. The number of rotatable bonds is 1. The predicted molar refractivity (Wildman–Crippen MR) is 82.3 cm³/mol. The lowest BCUT2D eigenvalue weighted by atomic mass is 10.1. The Bertz CT molecular complexity index is 924. The minimum atomic E-state index is 0.693. The van der Waals surface area contributed by atoms with Crippen LogP contribution < -0.4 is 0 Å². The summed E-state index contributed by atoms with van der Waals surface area (Å²) >= 11 is 3.41. The molecule has 20 heavy (non-hydrogen) atoms. The van der Waals surface area contributed by atoms with Crippen molar-refractivity contribution in [3.8, 4) is 11.5 Å². The number of H-pyrrole nitrogens is 1. The summed E-state index contributed by atoms with van der Waals surface area (Å²) in [7, 11) is 0. The second kappa shape index (κ2) is 4.38. The maximum Gasteiger partial charge on any atom is 0.178 e. The number of benzene rings is 1. The fourth-order valence-electron chi connectivity index (χ4n) is 2.30. The number of aromatic nitrogens is 4. The maximum atomic E-state index is 4.52. The van der Waals surface area contributed by atoms with E-state index in [9.17, 15) is 0 Å². The van der Waals surface area contributed by atoms with Crippen molar-refractivity contribution >= 4 is 37.9 Å². The first-order valence-electron chi connectivity index (χ1n) is 6.17. The average molecular weight is 325 g/mol. The second-order valence-corrected chi connectivity index (χ2v) is 5.41. The van der Waals surface area contributed by atoms with Gasteiger partial charge in [0.25, 0.3) is 0 Å². The van der Waals surface area contributed by atoms with Crippen LogP contribution in [0.25, 0.3) is 33.5 Å². The summed E-state index contributed by atoms with van der Waals surface area (Å²) in [5.74, 6) is 0.738. The first-order valence-corrected chi connectivity index (χ1v) is 6.96. The number of imidazole rings is 1. The predicted octanol–water partition coefficient (Wildman–Crippen LogP) is 3.94. The number of halogens is 1. The molecule has 0 radical (unpaired) electrons. The smallest absolute Gasteiger partial charge is 0.178 e. The first kappa shape index (κ1) is 11.5. The van der Waals surface area contributed by atoms with E-state index in [1.165, 1.54) is 0 Å².